The monoisotopic (exact) mass is 372 g/mol. The summed E-state index contributed by atoms with van der Waals surface area (Å²) in [6.45, 7) is 9.89. The van der Waals surface area contributed by atoms with Gasteiger partial charge in [0.25, 0.3) is 0 Å². The summed E-state index contributed by atoms with van der Waals surface area (Å²) in [6.07, 6.45) is 1.46. The molecule has 0 saturated heterocycles. The summed E-state index contributed by atoms with van der Waals surface area (Å²) < 4.78 is 0. The van der Waals surface area contributed by atoms with E-state index >= 15 is 0 Å². The van der Waals surface area contributed by atoms with Crippen molar-refractivity contribution < 1.29 is 66.1 Å². The molecular formula is C11H21KN6O4S. The molecule has 0 unspecified atom stereocenters. The standard InChI is InChI=1S/C11H21N6O4S.K/c1-10(2,3)13-15(18)9(8(22-7)12-17(20)21)16(19)14-11(4,5)6;/h1-7H3;/q-1;+1. The molecule has 0 aliphatic carbocycles. The molecule has 0 heterocycles. The molecule has 0 bridgehead atoms. The molecule has 0 saturated carbocycles. The maximum absolute atomic E-state index is 12.2. The van der Waals surface area contributed by atoms with Crippen LogP contribution in [0.15, 0.2) is 26.2 Å². The Morgan fingerprint density at radius 1 is 0.826 bits per heavy atom. The first-order valence-corrected chi connectivity index (χ1v) is 7.54. The Morgan fingerprint density at radius 3 is 1.39 bits per heavy atom. The van der Waals surface area contributed by atoms with Crippen LogP contribution in [0, 0.1) is 20.8 Å². The van der Waals surface area contributed by atoms with Gasteiger partial charge in [-0.05, 0) is 58.0 Å². The van der Waals surface area contributed by atoms with Gasteiger partial charge in [0.1, 0.15) is 11.1 Å². The zero-order chi connectivity index (χ0) is 17.7. The minimum absolute atomic E-state index is 0. The van der Waals surface area contributed by atoms with E-state index in [1.165, 1.54) is 6.26 Å². The van der Waals surface area contributed by atoms with E-state index in [0.717, 1.165) is 11.8 Å². The van der Waals surface area contributed by atoms with E-state index in [2.05, 4.69) is 15.3 Å². The Kier molecular flexibility index (Phi) is 10.7. The van der Waals surface area contributed by atoms with Gasteiger partial charge in [0.05, 0.1) is 0 Å². The third-order valence-corrected chi connectivity index (χ3v) is 2.35. The predicted octanol–water partition coefficient (Wildman–Crippen LogP) is 0.462. The van der Waals surface area contributed by atoms with E-state index in [9.17, 15) is 20.8 Å². The van der Waals surface area contributed by atoms with Gasteiger partial charge in [-0.25, -0.2) is 0 Å². The molecule has 12 heteroatoms. The van der Waals surface area contributed by atoms with Gasteiger partial charge < -0.3 is 20.8 Å². The van der Waals surface area contributed by atoms with Crippen molar-refractivity contribution in [2.45, 2.75) is 52.6 Å². The van der Waals surface area contributed by atoms with Gasteiger partial charge in [0.15, 0.2) is 0 Å². The zero-order valence-corrected chi connectivity index (χ0v) is 18.7. The molecule has 0 spiro atoms. The second-order valence-corrected chi connectivity index (χ2v) is 7.05. The minimum atomic E-state index is -0.984. The summed E-state index contributed by atoms with van der Waals surface area (Å²) in [5.41, 5.74) is -1.57. The topological polar surface area (TPSA) is 138 Å². The maximum atomic E-state index is 12.2. The fourth-order valence-corrected chi connectivity index (χ4v) is 1.61. The Balaban J connectivity index is 0. The summed E-state index contributed by atoms with van der Waals surface area (Å²) in [4.78, 5) is 0.0577. The van der Waals surface area contributed by atoms with Gasteiger partial charge in [-0.2, -0.15) is 0 Å². The van der Waals surface area contributed by atoms with Gasteiger partial charge in [0, 0.05) is 14.8 Å². The molecule has 10 nitrogen and oxygen atoms in total. The van der Waals surface area contributed by atoms with Crippen LogP contribution in [0.3, 0.4) is 0 Å². The molecule has 0 atom stereocenters. The molecule has 0 aliphatic rings. The Bertz CT molecular complexity index is 498. The van der Waals surface area contributed by atoms with Crippen LogP contribution in [0.1, 0.15) is 41.5 Å². The van der Waals surface area contributed by atoms with Gasteiger partial charge in [-0.3, -0.25) is 0 Å². The van der Waals surface area contributed by atoms with E-state index in [1.54, 1.807) is 41.5 Å². The molecule has 0 amide bonds. The Morgan fingerprint density at radius 2 is 1.17 bits per heavy atom. The summed E-state index contributed by atoms with van der Waals surface area (Å²) >= 11 is 0.783. The minimum Gasteiger partial charge on any atom is -0.590 e. The predicted molar refractivity (Wildman–Crippen MR) is 81.6 cm³/mol. The van der Waals surface area contributed by atoms with Gasteiger partial charge in [-0.15, -0.1) is 0 Å². The van der Waals surface area contributed by atoms with E-state index in [4.69, 9.17) is 0 Å². The molecule has 0 N–H and O–H groups in total. The van der Waals surface area contributed by atoms with Crippen molar-refractivity contribution in [1.29, 1.82) is 0 Å². The van der Waals surface area contributed by atoms with Crippen molar-refractivity contribution in [3.05, 3.63) is 31.7 Å². The van der Waals surface area contributed by atoms with Crippen LogP contribution in [0.2, 0.25) is 0 Å². The smallest absolute Gasteiger partial charge is 0.590 e. The molecule has 0 fully saturated rings. The van der Waals surface area contributed by atoms with E-state index in [1.807, 2.05) is 0 Å². The first-order chi connectivity index (χ1) is 9.76. The fraction of sp³-hybridized carbons (Fsp3) is 0.818. The summed E-state index contributed by atoms with van der Waals surface area (Å²) in [7, 11) is 0. The molecule has 0 rings (SSSR count). The normalized spacial score (nSPS) is 13.2. The van der Waals surface area contributed by atoms with Crippen LogP contribution in [-0.2, 0) is 0 Å². The molecule has 126 valence electrons. The quantitative estimate of drug-likeness (QED) is 0.305. The van der Waals surface area contributed by atoms with Crippen LogP contribution in [0.4, 0.5) is 0 Å². The number of hydrogen-bond acceptors (Lipinski definition) is 8. The number of rotatable bonds is 4. The van der Waals surface area contributed by atoms with Gasteiger partial charge in [-0.1, -0.05) is 16.8 Å². The van der Waals surface area contributed by atoms with Crippen molar-refractivity contribution in [3.8, 4) is 0 Å². The van der Waals surface area contributed by atoms with Crippen LogP contribution in [0.5, 0.6) is 0 Å². The van der Waals surface area contributed by atoms with Gasteiger partial charge >= 0.3 is 62.2 Å². The second-order valence-electron chi connectivity index (χ2n) is 6.26. The Hall–Kier alpha value is -0.274. The molecule has 0 aromatic carbocycles. The fourth-order valence-electron chi connectivity index (χ4n) is 1.13. The van der Waals surface area contributed by atoms with Crippen LogP contribution in [0.25, 0.3) is 0 Å². The van der Waals surface area contributed by atoms with E-state index in [0.29, 0.717) is 0 Å². The Labute approximate surface area is 182 Å². The average Bonchev–Trinajstić information content (AvgIpc) is 2.21. The van der Waals surface area contributed by atoms with E-state index < -0.39 is 21.9 Å². The van der Waals surface area contributed by atoms with Crippen molar-refractivity contribution >= 4 is 11.8 Å². The van der Waals surface area contributed by atoms with Crippen LogP contribution >= 0.6 is 11.8 Å². The molecule has 0 radical (unpaired) electrons. The molecule has 23 heavy (non-hydrogen) atoms. The number of azo groups is 2. The van der Waals surface area contributed by atoms with Crippen molar-refractivity contribution in [1.82, 2.24) is 0 Å². The third-order valence-electron chi connectivity index (χ3n) is 1.70. The number of hydrogen-bond donors (Lipinski definition) is 0. The summed E-state index contributed by atoms with van der Waals surface area (Å²) in [6, 6.07) is 0. The molecule has 0 aromatic heterocycles. The largest absolute Gasteiger partial charge is 1.00 e. The zero-order valence-electron chi connectivity index (χ0n) is 14.7. The number of hydroxylamine groups is 2. The van der Waals surface area contributed by atoms with Crippen molar-refractivity contribution in [2.75, 3.05) is 6.26 Å². The number of thioether (sulfide) groups is 1. The first kappa shape index (κ1) is 25.0. The second kappa shape index (κ2) is 9.89. The SMILES string of the molecule is CSC(N=[N+]([O-])[O-])=C([N+]([O-])=NC(C)(C)C)[N+]([O-])=NC(C)(C)C.[K+]. The molecule has 0 aliphatic heterocycles. The first-order valence-electron chi connectivity index (χ1n) is 6.31. The van der Waals surface area contributed by atoms with Crippen LogP contribution in [-0.4, -0.2) is 32.1 Å². The van der Waals surface area contributed by atoms with Crippen molar-refractivity contribution in [2.24, 2.45) is 15.3 Å². The molecular weight excluding hydrogens is 351 g/mol. The number of nitrogens with zero attached hydrogens (tertiary/aromatic N) is 6. The van der Waals surface area contributed by atoms with Gasteiger partial charge in [0.2, 0.25) is 0 Å². The summed E-state index contributed by atoms with van der Waals surface area (Å²) in [5, 5.41) is 54.7. The van der Waals surface area contributed by atoms with E-state index in [-0.39, 0.29) is 66.1 Å². The molecule has 0 aromatic rings. The summed E-state index contributed by atoms with van der Waals surface area (Å²) in [5.74, 6) is -0.644. The van der Waals surface area contributed by atoms with Crippen LogP contribution < -0.4 is 51.4 Å². The average molecular weight is 372 g/mol. The van der Waals surface area contributed by atoms with Crippen molar-refractivity contribution in [3.63, 3.8) is 0 Å². The third kappa shape index (κ3) is 11.0. The maximum Gasteiger partial charge on any atom is 1.00 e.